The molecular formula is C10H12O3S. The summed E-state index contributed by atoms with van der Waals surface area (Å²) in [5, 5.41) is 0. The third kappa shape index (κ3) is 3.70. The van der Waals surface area contributed by atoms with Crippen molar-refractivity contribution < 1.29 is 13.2 Å². The normalized spacial score (nSPS) is 11.2. The molecule has 0 bridgehead atoms. The van der Waals surface area contributed by atoms with Crippen molar-refractivity contribution in [2.45, 2.75) is 12.7 Å². The van der Waals surface area contributed by atoms with Crippen LogP contribution < -0.4 is 0 Å². The van der Waals surface area contributed by atoms with Crippen molar-refractivity contribution >= 4 is 15.6 Å². The smallest absolute Gasteiger partial charge is 0.161 e. The summed E-state index contributed by atoms with van der Waals surface area (Å²) < 4.78 is 22.8. The van der Waals surface area contributed by atoms with E-state index in [1.165, 1.54) is 6.92 Å². The van der Waals surface area contributed by atoms with Crippen LogP contribution in [0, 0.1) is 0 Å². The second kappa shape index (κ2) is 4.37. The van der Waals surface area contributed by atoms with Gasteiger partial charge >= 0.3 is 0 Å². The van der Waals surface area contributed by atoms with E-state index in [-0.39, 0.29) is 17.3 Å². The van der Waals surface area contributed by atoms with E-state index in [9.17, 15) is 13.2 Å². The third-order valence-electron chi connectivity index (χ3n) is 1.65. The number of ketones is 1. The van der Waals surface area contributed by atoms with Gasteiger partial charge in [0.15, 0.2) is 9.84 Å². The predicted molar refractivity (Wildman–Crippen MR) is 54.6 cm³/mol. The molecule has 0 saturated heterocycles. The zero-order chi connectivity index (χ0) is 10.6. The van der Waals surface area contributed by atoms with Crippen LogP contribution in [-0.2, 0) is 20.4 Å². The number of rotatable bonds is 4. The maximum atomic E-state index is 11.4. The average molecular weight is 212 g/mol. The standard InChI is InChI=1S/C10H12O3S/c1-9(11)7-14(12,13)8-10-5-3-2-4-6-10/h2-6H,7-8H2,1H3. The van der Waals surface area contributed by atoms with Crippen molar-refractivity contribution in [2.75, 3.05) is 5.75 Å². The van der Waals surface area contributed by atoms with E-state index in [4.69, 9.17) is 0 Å². The van der Waals surface area contributed by atoms with E-state index in [1.807, 2.05) is 6.07 Å². The molecule has 0 unspecified atom stereocenters. The van der Waals surface area contributed by atoms with Gasteiger partial charge in [0, 0.05) is 0 Å². The Morgan fingerprint density at radius 2 is 1.79 bits per heavy atom. The van der Waals surface area contributed by atoms with Gasteiger partial charge in [-0.25, -0.2) is 8.42 Å². The molecule has 0 aliphatic rings. The van der Waals surface area contributed by atoms with Gasteiger partial charge in [-0.1, -0.05) is 30.3 Å². The van der Waals surface area contributed by atoms with E-state index < -0.39 is 9.84 Å². The number of sulfone groups is 1. The summed E-state index contributed by atoms with van der Waals surface area (Å²) in [6, 6.07) is 8.84. The second-order valence-corrected chi connectivity index (χ2v) is 5.28. The maximum Gasteiger partial charge on any atom is 0.161 e. The van der Waals surface area contributed by atoms with Gasteiger partial charge in [0.2, 0.25) is 0 Å². The van der Waals surface area contributed by atoms with Crippen LogP contribution in [0.5, 0.6) is 0 Å². The summed E-state index contributed by atoms with van der Waals surface area (Å²) in [5.74, 6) is -0.754. The number of hydrogen-bond donors (Lipinski definition) is 0. The van der Waals surface area contributed by atoms with Crippen molar-refractivity contribution in [3.05, 3.63) is 35.9 Å². The molecule has 0 aromatic heterocycles. The van der Waals surface area contributed by atoms with Crippen molar-refractivity contribution in [1.29, 1.82) is 0 Å². The van der Waals surface area contributed by atoms with Gasteiger partial charge in [0.25, 0.3) is 0 Å². The second-order valence-electron chi connectivity index (χ2n) is 3.22. The zero-order valence-corrected chi connectivity index (χ0v) is 8.75. The quantitative estimate of drug-likeness (QED) is 0.753. The van der Waals surface area contributed by atoms with Crippen LogP contribution in [0.4, 0.5) is 0 Å². The first-order valence-electron chi connectivity index (χ1n) is 4.23. The Morgan fingerprint density at radius 1 is 1.21 bits per heavy atom. The molecule has 0 saturated carbocycles. The fourth-order valence-electron chi connectivity index (χ4n) is 1.19. The van der Waals surface area contributed by atoms with Crippen LogP contribution >= 0.6 is 0 Å². The van der Waals surface area contributed by atoms with Crippen LogP contribution in [0.2, 0.25) is 0 Å². The molecule has 0 atom stereocenters. The third-order valence-corrected chi connectivity index (χ3v) is 3.27. The molecule has 0 aliphatic heterocycles. The Labute approximate surface area is 83.7 Å². The summed E-state index contributed by atoms with van der Waals surface area (Å²) in [6.45, 7) is 1.28. The molecule has 3 nitrogen and oxygen atoms in total. The van der Waals surface area contributed by atoms with E-state index in [2.05, 4.69) is 0 Å². The molecule has 0 N–H and O–H groups in total. The largest absolute Gasteiger partial charge is 0.299 e. The van der Waals surface area contributed by atoms with Crippen molar-refractivity contribution in [2.24, 2.45) is 0 Å². The average Bonchev–Trinajstić information content (AvgIpc) is 2.02. The fourth-order valence-corrected chi connectivity index (χ4v) is 2.61. The lowest BCUT2D eigenvalue weighted by atomic mass is 10.2. The van der Waals surface area contributed by atoms with Crippen molar-refractivity contribution in [1.82, 2.24) is 0 Å². The Kier molecular flexibility index (Phi) is 3.41. The minimum absolute atomic E-state index is 0.0621. The highest BCUT2D eigenvalue weighted by Gasteiger charge is 2.13. The highest BCUT2D eigenvalue weighted by molar-refractivity contribution is 7.91. The lowest BCUT2D eigenvalue weighted by Gasteiger charge is -2.01. The van der Waals surface area contributed by atoms with Gasteiger partial charge < -0.3 is 0 Å². The number of Topliss-reactive ketones (excluding diaryl/α,β-unsaturated/α-hetero) is 1. The van der Waals surface area contributed by atoms with Crippen LogP contribution in [0.25, 0.3) is 0 Å². The van der Waals surface area contributed by atoms with E-state index in [1.54, 1.807) is 24.3 Å². The van der Waals surface area contributed by atoms with Gasteiger partial charge in [-0.05, 0) is 12.5 Å². The molecule has 1 aromatic rings. The molecule has 14 heavy (non-hydrogen) atoms. The molecule has 0 radical (unpaired) electrons. The molecular weight excluding hydrogens is 200 g/mol. The molecule has 0 heterocycles. The van der Waals surface area contributed by atoms with E-state index >= 15 is 0 Å². The highest BCUT2D eigenvalue weighted by Crippen LogP contribution is 2.05. The summed E-state index contributed by atoms with van der Waals surface area (Å²) in [4.78, 5) is 10.7. The topological polar surface area (TPSA) is 51.2 Å². The summed E-state index contributed by atoms with van der Waals surface area (Å²) in [5.41, 5.74) is 0.716. The molecule has 0 aliphatic carbocycles. The van der Waals surface area contributed by atoms with Gasteiger partial charge in [0.05, 0.1) is 5.75 Å². The molecule has 1 aromatic carbocycles. The molecule has 0 fully saturated rings. The maximum absolute atomic E-state index is 11.4. The number of hydrogen-bond acceptors (Lipinski definition) is 3. The van der Waals surface area contributed by atoms with Crippen LogP contribution in [-0.4, -0.2) is 20.0 Å². The molecule has 0 spiro atoms. The molecule has 4 heteroatoms. The van der Waals surface area contributed by atoms with E-state index in [0.29, 0.717) is 5.56 Å². The summed E-state index contributed by atoms with van der Waals surface area (Å²) in [6.07, 6.45) is 0. The zero-order valence-electron chi connectivity index (χ0n) is 7.93. The summed E-state index contributed by atoms with van der Waals surface area (Å²) >= 11 is 0. The van der Waals surface area contributed by atoms with Crippen LogP contribution in [0.3, 0.4) is 0 Å². The number of carbonyl (C=O) groups excluding carboxylic acids is 1. The SMILES string of the molecule is CC(=O)CS(=O)(=O)Cc1ccccc1. The van der Waals surface area contributed by atoms with Gasteiger partial charge in [0.1, 0.15) is 11.5 Å². The monoisotopic (exact) mass is 212 g/mol. The molecule has 76 valence electrons. The van der Waals surface area contributed by atoms with Crippen molar-refractivity contribution in [3.63, 3.8) is 0 Å². The first-order valence-corrected chi connectivity index (χ1v) is 6.05. The first kappa shape index (κ1) is 10.9. The molecule has 1 rings (SSSR count). The minimum atomic E-state index is -3.28. The van der Waals surface area contributed by atoms with Gasteiger partial charge in [-0.3, -0.25) is 4.79 Å². The first-order chi connectivity index (χ1) is 6.49. The van der Waals surface area contributed by atoms with Crippen LogP contribution in [0.15, 0.2) is 30.3 Å². The molecule has 0 amide bonds. The minimum Gasteiger partial charge on any atom is -0.299 e. The Balaban J connectivity index is 2.74. The Bertz CT molecular complexity index is 406. The highest BCUT2D eigenvalue weighted by atomic mass is 32.2. The number of carbonyl (C=O) groups is 1. The fraction of sp³-hybridized carbons (Fsp3) is 0.300. The number of benzene rings is 1. The predicted octanol–water partition coefficient (Wildman–Crippen LogP) is 1.19. The van der Waals surface area contributed by atoms with E-state index in [0.717, 1.165) is 0 Å². The summed E-state index contributed by atoms with van der Waals surface area (Å²) in [7, 11) is -3.28. The van der Waals surface area contributed by atoms with Crippen molar-refractivity contribution in [3.8, 4) is 0 Å². The lowest BCUT2D eigenvalue weighted by Crippen LogP contribution is -2.15. The van der Waals surface area contributed by atoms with Gasteiger partial charge in [-0.15, -0.1) is 0 Å². The van der Waals surface area contributed by atoms with Gasteiger partial charge in [-0.2, -0.15) is 0 Å². The lowest BCUT2D eigenvalue weighted by molar-refractivity contribution is -0.114. The Hall–Kier alpha value is -1.16. The van der Waals surface area contributed by atoms with Crippen LogP contribution in [0.1, 0.15) is 12.5 Å². The Morgan fingerprint density at radius 3 is 2.29 bits per heavy atom.